The molecule has 9 heteroatoms. The fraction of sp³-hybridized carbons (Fsp3) is 0.375. The molecular weight excluding hydrogens is 416 g/mol. The average molecular weight is 445 g/mol. The Kier molecular flexibility index (Phi) is 7.29. The summed E-state index contributed by atoms with van der Waals surface area (Å²) in [6.07, 6.45) is 7.14. The normalized spacial score (nSPS) is 11.1. The van der Waals surface area contributed by atoms with E-state index in [1.54, 1.807) is 6.20 Å². The number of unbranched alkanes of at least 4 members (excludes halogenated alkanes) is 2. The van der Waals surface area contributed by atoms with Gasteiger partial charge in [-0.25, -0.2) is 14.8 Å². The third-order valence-corrected chi connectivity index (χ3v) is 5.45. The molecule has 9 nitrogen and oxygen atoms in total. The number of carbonyl (C=O) groups is 1. The van der Waals surface area contributed by atoms with Crippen LogP contribution in [-0.4, -0.2) is 46.2 Å². The Hall–Kier alpha value is -3.75. The van der Waals surface area contributed by atoms with E-state index < -0.39 is 0 Å². The van der Waals surface area contributed by atoms with E-state index in [9.17, 15) is 4.79 Å². The van der Waals surface area contributed by atoms with Gasteiger partial charge in [0.15, 0.2) is 5.82 Å². The Morgan fingerprint density at radius 2 is 1.91 bits per heavy atom. The van der Waals surface area contributed by atoms with Crippen LogP contribution in [0.25, 0.3) is 22.6 Å². The summed E-state index contributed by atoms with van der Waals surface area (Å²) >= 11 is 0. The molecule has 0 spiro atoms. The molecule has 0 aliphatic rings. The fourth-order valence-corrected chi connectivity index (χ4v) is 3.72. The minimum absolute atomic E-state index is 0.00734. The number of aromatic nitrogens is 8. The summed E-state index contributed by atoms with van der Waals surface area (Å²) in [6, 6.07) is 12.0. The van der Waals surface area contributed by atoms with Gasteiger partial charge in [0.05, 0.1) is 12.2 Å². The summed E-state index contributed by atoms with van der Waals surface area (Å²) in [5.74, 6) is 1.79. The number of Topliss-reactive ketones (excluding diaryl/α,β-unsaturated/α-hetero) is 1. The Balaban J connectivity index is 1.56. The number of benzene rings is 1. The molecule has 4 rings (SSSR count). The Bertz CT molecular complexity index is 1180. The van der Waals surface area contributed by atoms with Crippen molar-refractivity contribution in [3.63, 3.8) is 0 Å². The van der Waals surface area contributed by atoms with Crippen molar-refractivity contribution in [2.75, 3.05) is 0 Å². The van der Waals surface area contributed by atoms with Crippen molar-refractivity contribution >= 4 is 5.78 Å². The summed E-state index contributed by atoms with van der Waals surface area (Å²) in [5.41, 5.74) is 3.68. The first-order valence-electron chi connectivity index (χ1n) is 11.4. The lowest BCUT2D eigenvalue weighted by molar-refractivity contribution is 0.0971. The van der Waals surface area contributed by atoms with Crippen LogP contribution in [0.4, 0.5) is 0 Å². The molecule has 0 unspecified atom stereocenters. The second-order valence-corrected chi connectivity index (χ2v) is 7.99. The van der Waals surface area contributed by atoms with Crippen LogP contribution < -0.4 is 0 Å². The highest BCUT2D eigenvalue weighted by molar-refractivity contribution is 5.92. The largest absolute Gasteiger partial charge is 0.291 e. The number of aromatic amines is 1. The van der Waals surface area contributed by atoms with Crippen LogP contribution >= 0.6 is 0 Å². The quantitative estimate of drug-likeness (QED) is 0.271. The number of tetrazole rings is 1. The standard InChI is InChI=1S/C24H28N8O/c1-3-5-6-10-21-26-24(20(33)8-4-2)29-32(21)16-17-11-13-18(14-12-17)22-19(9-7-15-25-22)23-27-30-31-28-23/h7,9,11-15H,3-6,8,10,16H2,1-2H3,(H,27,28,30,31). The lowest BCUT2D eigenvalue weighted by atomic mass is 10.0. The van der Waals surface area contributed by atoms with Crippen molar-refractivity contribution in [1.82, 2.24) is 40.4 Å². The first-order chi connectivity index (χ1) is 16.2. The number of hydrogen-bond acceptors (Lipinski definition) is 7. The van der Waals surface area contributed by atoms with E-state index in [1.807, 2.05) is 35.9 Å². The zero-order valence-electron chi connectivity index (χ0n) is 19.0. The van der Waals surface area contributed by atoms with Crippen LogP contribution in [-0.2, 0) is 13.0 Å². The Morgan fingerprint density at radius 1 is 1.06 bits per heavy atom. The Labute approximate surface area is 192 Å². The molecule has 0 saturated heterocycles. The van der Waals surface area contributed by atoms with Crippen LogP contribution in [0.15, 0.2) is 42.6 Å². The molecule has 0 aliphatic carbocycles. The number of ketones is 1. The van der Waals surface area contributed by atoms with E-state index in [4.69, 9.17) is 0 Å². The first-order valence-corrected chi connectivity index (χ1v) is 11.4. The van der Waals surface area contributed by atoms with E-state index in [-0.39, 0.29) is 5.78 Å². The van der Waals surface area contributed by atoms with E-state index in [0.717, 1.165) is 60.3 Å². The second-order valence-electron chi connectivity index (χ2n) is 7.99. The molecule has 0 saturated carbocycles. The van der Waals surface area contributed by atoms with Gasteiger partial charge in [-0.2, -0.15) is 0 Å². The molecular formula is C24H28N8O. The number of nitrogens with zero attached hydrogens (tertiary/aromatic N) is 7. The van der Waals surface area contributed by atoms with Crippen LogP contribution in [0.2, 0.25) is 0 Å². The highest BCUT2D eigenvalue weighted by Gasteiger charge is 2.16. The van der Waals surface area contributed by atoms with Gasteiger partial charge >= 0.3 is 0 Å². The van der Waals surface area contributed by atoms with E-state index >= 15 is 0 Å². The number of carbonyl (C=O) groups excluding carboxylic acids is 1. The second kappa shape index (κ2) is 10.7. The van der Waals surface area contributed by atoms with Gasteiger partial charge in [0.2, 0.25) is 11.6 Å². The van der Waals surface area contributed by atoms with Crippen LogP contribution in [0.5, 0.6) is 0 Å². The maximum Gasteiger partial charge on any atom is 0.217 e. The SMILES string of the molecule is CCCCCc1nc(C(=O)CCC)nn1Cc1ccc(-c2ncccc2-c2nnn[nH]2)cc1. The van der Waals surface area contributed by atoms with E-state index in [1.165, 1.54) is 0 Å². The molecule has 1 aromatic carbocycles. The molecule has 1 N–H and O–H groups in total. The summed E-state index contributed by atoms with van der Waals surface area (Å²) < 4.78 is 1.87. The van der Waals surface area contributed by atoms with E-state index in [2.05, 4.69) is 54.7 Å². The van der Waals surface area contributed by atoms with Crippen molar-refractivity contribution in [2.24, 2.45) is 0 Å². The van der Waals surface area contributed by atoms with Crippen molar-refractivity contribution in [3.8, 4) is 22.6 Å². The van der Waals surface area contributed by atoms with Gasteiger partial charge in [-0.3, -0.25) is 9.78 Å². The number of aryl methyl sites for hydroxylation is 1. The van der Waals surface area contributed by atoms with Gasteiger partial charge in [-0.1, -0.05) is 51.0 Å². The maximum absolute atomic E-state index is 12.4. The highest BCUT2D eigenvalue weighted by atomic mass is 16.1. The minimum atomic E-state index is 0.00734. The van der Waals surface area contributed by atoms with Gasteiger partial charge in [0.1, 0.15) is 5.82 Å². The zero-order chi connectivity index (χ0) is 23.0. The maximum atomic E-state index is 12.4. The third kappa shape index (κ3) is 5.36. The smallest absolute Gasteiger partial charge is 0.217 e. The van der Waals surface area contributed by atoms with Gasteiger partial charge in [0, 0.05) is 30.2 Å². The molecule has 0 radical (unpaired) electrons. The molecule has 0 aliphatic heterocycles. The molecule has 4 aromatic rings. The summed E-state index contributed by atoms with van der Waals surface area (Å²) in [6.45, 7) is 4.73. The molecule has 3 heterocycles. The molecule has 0 bridgehead atoms. The topological polar surface area (TPSA) is 115 Å². The monoisotopic (exact) mass is 444 g/mol. The minimum Gasteiger partial charge on any atom is -0.291 e. The van der Waals surface area contributed by atoms with Gasteiger partial charge in [-0.05, 0) is 41.0 Å². The molecule has 0 amide bonds. The number of hydrogen-bond donors (Lipinski definition) is 1. The lowest BCUT2D eigenvalue weighted by Crippen LogP contribution is -2.08. The molecule has 0 atom stereocenters. The summed E-state index contributed by atoms with van der Waals surface area (Å²) in [7, 11) is 0. The van der Waals surface area contributed by atoms with Crippen molar-refractivity contribution < 1.29 is 4.79 Å². The van der Waals surface area contributed by atoms with Crippen LogP contribution in [0.3, 0.4) is 0 Å². The average Bonchev–Trinajstić information content (AvgIpc) is 3.51. The van der Waals surface area contributed by atoms with Crippen LogP contribution in [0, 0.1) is 0 Å². The summed E-state index contributed by atoms with van der Waals surface area (Å²) in [5, 5.41) is 18.7. The number of pyridine rings is 1. The Morgan fingerprint density at radius 3 is 2.64 bits per heavy atom. The van der Waals surface area contributed by atoms with Gasteiger partial charge < -0.3 is 0 Å². The molecule has 170 valence electrons. The lowest BCUT2D eigenvalue weighted by Gasteiger charge is -2.09. The summed E-state index contributed by atoms with van der Waals surface area (Å²) in [4.78, 5) is 21.5. The van der Waals surface area contributed by atoms with E-state index in [0.29, 0.717) is 24.6 Å². The third-order valence-electron chi connectivity index (χ3n) is 5.45. The van der Waals surface area contributed by atoms with Gasteiger partial charge in [-0.15, -0.1) is 10.2 Å². The zero-order valence-corrected chi connectivity index (χ0v) is 19.0. The van der Waals surface area contributed by atoms with Gasteiger partial charge in [0.25, 0.3) is 0 Å². The van der Waals surface area contributed by atoms with Crippen LogP contribution in [0.1, 0.15) is 68.0 Å². The molecule has 3 aromatic heterocycles. The highest BCUT2D eigenvalue weighted by Crippen LogP contribution is 2.27. The predicted octanol–water partition coefficient (Wildman–Crippen LogP) is 4.28. The van der Waals surface area contributed by atoms with Crippen molar-refractivity contribution in [1.29, 1.82) is 0 Å². The first kappa shape index (κ1) is 22.4. The predicted molar refractivity (Wildman–Crippen MR) is 124 cm³/mol. The van der Waals surface area contributed by atoms with Crippen molar-refractivity contribution in [2.45, 2.75) is 58.9 Å². The molecule has 33 heavy (non-hydrogen) atoms. The number of nitrogens with one attached hydrogen (secondary N) is 1. The fourth-order valence-electron chi connectivity index (χ4n) is 3.72. The number of H-pyrrole nitrogens is 1. The van der Waals surface area contributed by atoms with Crippen molar-refractivity contribution in [3.05, 3.63) is 59.8 Å². The number of rotatable bonds is 11. The molecule has 0 fully saturated rings.